The molecule has 3 nitrogen and oxygen atoms in total. The molecule has 0 aromatic carbocycles. The van der Waals surface area contributed by atoms with Crippen molar-refractivity contribution in [3.63, 3.8) is 0 Å². The maximum absolute atomic E-state index is 10.9. The summed E-state index contributed by atoms with van der Waals surface area (Å²) < 4.78 is 3.09. The third-order valence-corrected chi connectivity index (χ3v) is 5.48. The van der Waals surface area contributed by atoms with Crippen molar-refractivity contribution in [2.24, 2.45) is 5.92 Å². The molecule has 1 aromatic heterocycles. The van der Waals surface area contributed by atoms with E-state index >= 15 is 0 Å². The van der Waals surface area contributed by atoms with Crippen molar-refractivity contribution in [1.29, 1.82) is 0 Å². The predicted molar refractivity (Wildman–Crippen MR) is 81.2 cm³/mol. The maximum atomic E-state index is 10.9. The molecular weight excluding hydrogens is 304 g/mol. The Morgan fingerprint density at radius 1 is 1.47 bits per heavy atom. The van der Waals surface area contributed by atoms with E-state index in [9.17, 15) is 5.11 Å². The Balaban J connectivity index is 2.20. The van der Waals surface area contributed by atoms with E-state index in [0.29, 0.717) is 5.92 Å². The first-order valence-corrected chi connectivity index (χ1v) is 8.22. The van der Waals surface area contributed by atoms with Crippen LogP contribution < -0.4 is 0 Å². The van der Waals surface area contributed by atoms with Crippen molar-refractivity contribution in [2.45, 2.75) is 71.4 Å². The molecule has 2 atom stereocenters. The SMILES string of the molecule is CCC1CCCC(O)(Cc2c(Br)c(C)nn2CC)C1. The topological polar surface area (TPSA) is 38.1 Å². The van der Waals surface area contributed by atoms with Crippen LogP contribution in [0.4, 0.5) is 0 Å². The smallest absolute Gasteiger partial charge is 0.0738 e. The lowest BCUT2D eigenvalue weighted by Crippen LogP contribution is -2.38. The van der Waals surface area contributed by atoms with Gasteiger partial charge in [-0.05, 0) is 48.5 Å². The molecule has 19 heavy (non-hydrogen) atoms. The van der Waals surface area contributed by atoms with Gasteiger partial charge in [0.25, 0.3) is 0 Å². The molecule has 2 rings (SSSR count). The first-order chi connectivity index (χ1) is 8.99. The van der Waals surface area contributed by atoms with Crippen LogP contribution in [0.1, 0.15) is 57.3 Å². The summed E-state index contributed by atoms with van der Waals surface area (Å²) in [7, 11) is 0. The highest BCUT2D eigenvalue weighted by Crippen LogP contribution is 2.37. The fourth-order valence-electron chi connectivity index (χ4n) is 3.32. The molecular formula is C15H25BrN2O. The van der Waals surface area contributed by atoms with E-state index in [4.69, 9.17) is 0 Å². The Kier molecular flexibility index (Phi) is 4.72. The van der Waals surface area contributed by atoms with E-state index in [2.05, 4.69) is 34.9 Å². The van der Waals surface area contributed by atoms with Crippen LogP contribution in [0.15, 0.2) is 4.47 Å². The molecule has 108 valence electrons. The van der Waals surface area contributed by atoms with Gasteiger partial charge in [0.15, 0.2) is 0 Å². The lowest BCUT2D eigenvalue weighted by atomic mass is 9.75. The van der Waals surface area contributed by atoms with Gasteiger partial charge in [0.2, 0.25) is 0 Å². The number of hydrogen-bond acceptors (Lipinski definition) is 2. The largest absolute Gasteiger partial charge is 0.389 e. The Labute approximate surface area is 124 Å². The van der Waals surface area contributed by atoms with Crippen LogP contribution >= 0.6 is 15.9 Å². The molecule has 1 fully saturated rings. The van der Waals surface area contributed by atoms with Gasteiger partial charge in [-0.15, -0.1) is 0 Å². The lowest BCUT2D eigenvalue weighted by Gasteiger charge is -2.36. The number of nitrogens with zero attached hydrogens (tertiary/aromatic N) is 2. The van der Waals surface area contributed by atoms with Gasteiger partial charge in [-0.25, -0.2) is 0 Å². The van der Waals surface area contributed by atoms with Crippen molar-refractivity contribution in [3.05, 3.63) is 15.9 Å². The van der Waals surface area contributed by atoms with Gasteiger partial charge in [-0.2, -0.15) is 5.10 Å². The molecule has 1 aliphatic carbocycles. The second-order valence-electron chi connectivity index (χ2n) is 5.93. The quantitative estimate of drug-likeness (QED) is 0.911. The number of rotatable bonds is 4. The minimum atomic E-state index is -0.541. The van der Waals surface area contributed by atoms with Crippen LogP contribution in [0.25, 0.3) is 0 Å². The second kappa shape index (κ2) is 5.96. The zero-order valence-electron chi connectivity index (χ0n) is 12.2. The molecule has 1 heterocycles. The highest BCUT2D eigenvalue weighted by atomic mass is 79.9. The van der Waals surface area contributed by atoms with Crippen molar-refractivity contribution >= 4 is 15.9 Å². The molecule has 0 radical (unpaired) electrons. The van der Waals surface area contributed by atoms with Gasteiger partial charge >= 0.3 is 0 Å². The summed E-state index contributed by atoms with van der Waals surface area (Å²) in [5.41, 5.74) is 1.63. The van der Waals surface area contributed by atoms with Crippen LogP contribution in [-0.2, 0) is 13.0 Å². The van der Waals surface area contributed by atoms with E-state index in [0.717, 1.165) is 48.1 Å². The summed E-state index contributed by atoms with van der Waals surface area (Å²) in [5, 5.41) is 15.4. The third-order valence-electron chi connectivity index (χ3n) is 4.45. The van der Waals surface area contributed by atoms with Crippen LogP contribution in [0.5, 0.6) is 0 Å². The minimum absolute atomic E-state index is 0.541. The highest BCUT2D eigenvalue weighted by molar-refractivity contribution is 9.10. The molecule has 1 saturated carbocycles. The van der Waals surface area contributed by atoms with Crippen molar-refractivity contribution < 1.29 is 5.11 Å². The summed E-state index contributed by atoms with van der Waals surface area (Å²) >= 11 is 3.63. The molecule has 1 N–H and O–H groups in total. The predicted octanol–water partition coefficient (Wildman–Crippen LogP) is 3.85. The third kappa shape index (κ3) is 3.22. The summed E-state index contributed by atoms with van der Waals surface area (Å²) in [6.07, 6.45) is 6.17. The number of halogens is 1. The molecule has 1 aliphatic rings. The van der Waals surface area contributed by atoms with E-state index < -0.39 is 5.60 Å². The van der Waals surface area contributed by atoms with Gasteiger partial charge in [0.05, 0.1) is 21.5 Å². The molecule has 0 spiro atoms. The van der Waals surface area contributed by atoms with E-state index in [1.165, 1.54) is 12.8 Å². The van der Waals surface area contributed by atoms with Crippen molar-refractivity contribution in [1.82, 2.24) is 9.78 Å². The Bertz CT molecular complexity index is 444. The van der Waals surface area contributed by atoms with Crippen LogP contribution in [0, 0.1) is 12.8 Å². The van der Waals surface area contributed by atoms with Gasteiger partial charge in [0.1, 0.15) is 0 Å². The fourth-order valence-corrected chi connectivity index (χ4v) is 3.74. The number of hydrogen-bond donors (Lipinski definition) is 1. The maximum Gasteiger partial charge on any atom is 0.0738 e. The minimum Gasteiger partial charge on any atom is -0.389 e. The summed E-state index contributed by atoms with van der Waals surface area (Å²) in [6.45, 7) is 7.20. The monoisotopic (exact) mass is 328 g/mol. The van der Waals surface area contributed by atoms with Crippen molar-refractivity contribution in [2.75, 3.05) is 0 Å². The highest BCUT2D eigenvalue weighted by Gasteiger charge is 2.35. The zero-order valence-corrected chi connectivity index (χ0v) is 13.8. The first-order valence-electron chi connectivity index (χ1n) is 7.43. The number of aromatic nitrogens is 2. The van der Waals surface area contributed by atoms with E-state index in [-0.39, 0.29) is 0 Å². The van der Waals surface area contributed by atoms with Crippen LogP contribution in [0.3, 0.4) is 0 Å². The molecule has 2 unspecified atom stereocenters. The summed E-state index contributed by atoms with van der Waals surface area (Å²) in [5.74, 6) is 0.677. The van der Waals surface area contributed by atoms with Crippen LogP contribution in [0.2, 0.25) is 0 Å². The molecule has 0 saturated heterocycles. The van der Waals surface area contributed by atoms with Gasteiger partial charge < -0.3 is 5.11 Å². The van der Waals surface area contributed by atoms with E-state index in [1.54, 1.807) is 0 Å². The van der Waals surface area contributed by atoms with Gasteiger partial charge in [-0.3, -0.25) is 4.68 Å². The fraction of sp³-hybridized carbons (Fsp3) is 0.800. The summed E-state index contributed by atoms with van der Waals surface area (Å²) in [4.78, 5) is 0. The van der Waals surface area contributed by atoms with Crippen molar-refractivity contribution in [3.8, 4) is 0 Å². The Morgan fingerprint density at radius 2 is 2.21 bits per heavy atom. The molecule has 0 bridgehead atoms. The average molecular weight is 329 g/mol. The standard InChI is InChI=1S/C15H25BrN2O/c1-4-12-7-6-8-15(19,9-12)10-13-14(16)11(3)17-18(13)5-2/h12,19H,4-10H2,1-3H3. The van der Waals surface area contributed by atoms with Crippen LogP contribution in [-0.4, -0.2) is 20.5 Å². The second-order valence-corrected chi connectivity index (χ2v) is 6.73. The molecule has 0 aliphatic heterocycles. The Morgan fingerprint density at radius 3 is 2.84 bits per heavy atom. The van der Waals surface area contributed by atoms with E-state index in [1.807, 2.05) is 11.6 Å². The Hall–Kier alpha value is -0.350. The average Bonchev–Trinajstić information content (AvgIpc) is 2.66. The lowest BCUT2D eigenvalue weighted by molar-refractivity contribution is -0.0178. The first kappa shape index (κ1) is 15.0. The van der Waals surface area contributed by atoms with Gasteiger partial charge in [0, 0.05) is 13.0 Å². The normalized spacial score (nSPS) is 27.7. The molecule has 4 heteroatoms. The number of aryl methyl sites for hydroxylation is 2. The zero-order chi connectivity index (χ0) is 14.0. The molecule has 0 amide bonds. The molecule has 1 aromatic rings. The summed E-state index contributed by atoms with van der Waals surface area (Å²) in [6, 6.07) is 0. The number of aliphatic hydroxyl groups is 1. The van der Waals surface area contributed by atoms with Gasteiger partial charge in [-0.1, -0.05) is 26.2 Å².